The summed E-state index contributed by atoms with van der Waals surface area (Å²) in [5.74, 6) is 0.271. The number of halogens is 1. The Balaban J connectivity index is 1.50. The number of hydrogen-bond acceptors (Lipinski definition) is 8. The zero-order valence-electron chi connectivity index (χ0n) is 17.6. The van der Waals surface area contributed by atoms with E-state index in [1.165, 1.54) is 17.4 Å². The number of fused-ring (bicyclic) bond motifs is 1. The van der Waals surface area contributed by atoms with E-state index in [9.17, 15) is 9.18 Å². The minimum atomic E-state index is -0.411. The quantitative estimate of drug-likeness (QED) is 0.515. The van der Waals surface area contributed by atoms with Crippen molar-refractivity contribution in [3.05, 3.63) is 40.5 Å². The molecule has 8 nitrogen and oxygen atoms in total. The van der Waals surface area contributed by atoms with Crippen molar-refractivity contribution in [1.29, 1.82) is 0 Å². The molecule has 4 heterocycles. The number of amides is 1. The Hall–Kier alpha value is -2.72. The van der Waals surface area contributed by atoms with Gasteiger partial charge in [0.15, 0.2) is 11.3 Å². The van der Waals surface area contributed by atoms with Gasteiger partial charge in [-0.15, -0.1) is 11.3 Å². The van der Waals surface area contributed by atoms with Gasteiger partial charge in [-0.2, -0.15) is 4.98 Å². The number of hydrogen-bond donors (Lipinski definition) is 3. The first-order valence-electron chi connectivity index (χ1n) is 10.5. The van der Waals surface area contributed by atoms with Crippen LogP contribution < -0.4 is 16.0 Å². The molecule has 0 radical (unpaired) electrons. The molecule has 0 spiro atoms. The van der Waals surface area contributed by atoms with E-state index in [2.05, 4.69) is 35.9 Å². The van der Waals surface area contributed by atoms with E-state index in [0.717, 1.165) is 43.6 Å². The van der Waals surface area contributed by atoms with Crippen LogP contribution in [-0.4, -0.2) is 45.5 Å². The highest BCUT2D eigenvalue weighted by Gasteiger charge is 2.20. The molecule has 0 saturated carbocycles. The van der Waals surface area contributed by atoms with Gasteiger partial charge in [0.05, 0.1) is 17.2 Å². The molecule has 0 aromatic carbocycles. The van der Waals surface area contributed by atoms with Crippen molar-refractivity contribution in [2.75, 3.05) is 25.0 Å². The molecule has 1 aliphatic heterocycles. The molecule has 0 bridgehead atoms. The van der Waals surface area contributed by atoms with Gasteiger partial charge in [0.2, 0.25) is 5.95 Å². The molecule has 4 rings (SSSR count). The van der Waals surface area contributed by atoms with Crippen molar-refractivity contribution in [2.45, 2.75) is 39.2 Å². The third kappa shape index (κ3) is 5.31. The molecule has 1 fully saturated rings. The molecule has 1 amide bonds. The fourth-order valence-corrected chi connectivity index (χ4v) is 4.58. The largest absolute Gasteiger partial charge is 0.351 e. The number of pyridine rings is 1. The normalized spacial score (nSPS) is 15.7. The van der Waals surface area contributed by atoms with Crippen molar-refractivity contribution >= 4 is 33.5 Å². The van der Waals surface area contributed by atoms with Gasteiger partial charge in [-0.25, -0.2) is 14.4 Å². The Morgan fingerprint density at radius 3 is 2.87 bits per heavy atom. The second-order valence-corrected chi connectivity index (χ2v) is 9.03. The number of aromatic nitrogens is 4. The molecular formula is C21H26FN7OS. The van der Waals surface area contributed by atoms with Crippen LogP contribution in [0, 0.1) is 18.7 Å². The topological polar surface area (TPSA) is 105 Å². The molecule has 1 saturated heterocycles. The first kappa shape index (κ1) is 21.5. The number of anilines is 1. The summed E-state index contributed by atoms with van der Waals surface area (Å²) in [5, 5.41) is 10.3. The lowest BCUT2D eigenvalue weighted by Crippen LogP contribution is -2.31. The fraction of sp³-hybridized carbons (Fsp3) is 0.476. The monoisotopic (exact) mass is 443 g/mol. The third-order valence-electron chi connectivity index (χ3n) is 5.44. The lowest BCUT2D eigenvalue weighted by atomic mass is 9.95. The summed E-state index contributed by atoms with van der Waals surface area (Å²) >= 11 is 1.40. The molecule has 1 atom stereocenters. The number of aryl methyl sites for hydroxylation is 1. The molecule has 1 aliphatic rings. The summed E-state index contributed by atoms with van der Waals surface area (Å²) in [6.07, 6.45) is 5.98. The van der Waals surface area contributed by atoms with E-state index in [-0.39, 0.29) is 17.9 Å². The average molecular weight is 444 g/mol. The number of carbonyl (C=O) groups excluding carboxylic acids is 1. The Morgan fingerprint density at radius 1 is 1.29 bits per heavy atom. The highest BCUT2D eigenvalue weighted by Crippen LogP contribution is 2.26. The van der Waals surface area contributed by atoms with Crippen LogP contribution in [0.4, 0.5) is 10.3 Å². The molecule has 10 heteroatoms. The Labute approximate surface area is 184 Å². The summed E-state index contributed by atoms with van der Waals surface area (Å²) in [4.78, 5) is 30.2. The van der Waals surface area contributed by atoms with Gasteiger partial charge in [0.1, 0.15) is 10.5 Å². The van der Waals surface area contributed by atoms with E-state index >= 15 is 0 Å². The molecule has 3 N–H and O–H groups in total. The third-order valence-corrected chi connectivity index (χ3v) is 6.41. The molecule has 3 aromatic heterocycles. The minimum Gasteiger partial charge on any atom is -0.351 e. The predicted molar refractivity (Wildman–Crippen MR) is 119 cm³/mol. The summed E-state index contributed by atoms with van der Waals surface area (Å²) in [5.41, 5.74) is 1.45. The highest BCUT2D eigenvalue weighted by atomic mass is 32.1. The van der Waals surface area contributed by atoms with E-state index in [1.807, 2.05) is 13.8 Å². The summed E-state index contributed by atoms with van der Waals surface area (Å²) < 4.78 is 14.2. The van der Waals surface area contributed by atoms with E-state index in [4.69, 9.17) is 0 Å². The van der Waals surface area contributed by atoms with E-state index in [0.29, 0.717) is 34.1 Å². The maximum Gasteiger partial charge on any atom is 0.271 e. The number of carbonyl (C=O) groups is 1. The fourth-order valence-electron chi connectivity index (χ4n) is 3.73. The van der Waals surface area contributed by atoms with Crippen molar-refractivity contribution in [2.24, 2.45) is 5.92 Å². The summed E-state index contributed by atoms with van der Waals surface area (Å²) in [6.45, 7) is 6.42. The Bertz CT molecular complexity index is 1070. The molecule has 3 aromatic rings. The SMILES string of the molecule is Cc1nc2nc(N[C@@H](C)c3cncc(F)c3)nc(C(=O)NCCC3CCNCC3)c2s1. The van der Waals surface area contributed by atoms with Crippen LogP contribution in [-0.2, 0) is 0 Å². The van der Waals surface area contributed by atoms with Crippen molar-refractivity contribution in [1.82, 2.24) is 30.6 Å². The van der Waals surface area contributed by atoms with Gasteiger partial charge in [-0.05, 0) is 63.7 Å². The molecule has 0 aliphatic carbocycles. The second kappa shape index (κ2) is 9.61. The average Bonchev–Trinajstić information content (AvgIpc) is 3.13. The van der Waals surface area contributed by atoms with Crippen LogP contribution in [0.3, 0.4) is 0 Å². The van der Waals surface area contributed by atoms with E-state index in [1.54, 1.807) is 6.20 Å². The van der Waals surface area contributed by atoms with Gasteiger partial charge in [-0.1, -0.05) is 0 Å². The number of nitrogens with one attached hydrogen (secondary N) is 3. The highest BCUT2D eigenvalue weighted by molar-refractivity contribution is 7.18. The van der Waals surface area contributed by atoms with Gasteiger partial charge in [0, 0.05) is 12.7 Å². The van der Waals surface area contributed by atoms with Crippen LogP contribution in [0.1, 0.15) is 53.3 Å². The van der Waals surface area contributed by atoms with Gasteiger partial charge in [0.25, 0.3) is 5.91 Å². The number of rotatable bonds is 7. The van der Waals surface area contributed by atoms with Crippen LogP contribution in [0.5, 0.6) is 0 Å². The van der Waals surface area contributed by atoms with Crippen molar-refractivity contribution in [3.63, 3.8) is 0 Å². The Morgan fingerprint density at radius 2 is 2.10 bits per heavy atom. The zero-order valence-corrected chi connectivity index (χ0v) is 18.4. The molecule has 164 valence electrons. The number of nitrogens with zero attached hydrogens (tertiary/aromatic N) is 4. The van der Waals surface area contributed by atoms with Gasteiger partial charge < -0.3 is 16.0 Å². The van der Waals surface area contributed by atoms with Crippen LogP contribution >= 0.6 is 11.3 Å². The smallest absolute Gasteiger partial charge is 0.271 e. The Kier molecular flexibility index (Phi) is 6.67. The number of thiazole rings is 1. The van der Waals surface area contributed by atoms with Crippen LogP contribution in [0.2, 0.25) is 0 Å². The molecular weight excluding hydrogens is 417 g/mol. The van der Waals surface area contributed by atoms with Crippen molar-refractivity contribution in [3.8, 4) is 0 Å². The first-order valence-corrected chi connectivity index (χ1v) is 11.3. The second-order valence-electron chi connectivity index (χ2n) is 7.82. The maximum absolute atomic E-state index is 13.5. The summed E-state index contributed by atoms with van der Waals surface area (Å²) in [7, 11) is 0. The predicted octanol–water partition coefficient (Wildman–Crippen LogP) is 3.22. The lowest BCUT2D eigenvalue weighted by molar-refractivity contribution is 0.0947. The van der Waals surface area contributed by atoms with Crippen LogP contribution in [0.25, 0.3) is 10.3 Å². The standard InChI is InChI=1S/C21H26FN7OS/c1-12(15-9-16(22)11-24-10-15)26-21-28-17(18-19(29-21)27-13(2)31-18)20(30)25-8-5-14-3-6-23-7-4-14/h9-12,14,23H,3-8H2,1-2H3,(H,25,30)(H,26,28,29)/t12-/m0/s1. The zero-order chi connectivity index (χ0) is 21.8. The molecule has 0 unspecified atom stereocenters. The maximum atomic E-state index is 13.5. The lowest BCUT2D eigenvalue weighted by Gasteiger charge is -2.22. The van der Waals surface area contributed by atoms with Gasteiger partial charge >= 0.3 is 0 Å². The first-order chi connectivity index (χ1) is 15.0. The molecule has 31 heavy (non-hydrogen) atoms. The van der Waals surface area contributed by atoms with Gasteiger partial charge in [-0.3, -0.25) is 9.78 Å². The van der Waals surface area contributed by atoms with Crippen molar-refractivity contribution < 1.29 is 9.18 Å². The number of piperidine rings is 1. The van der Waals surface area contributed by atoms with E-state index < -0.39 is 5.82 Å². The summed E-state index contributed by atoms with van der Waals surface area (Å²) in [6, 6.07) is 1.11. The van der Waals surface area contributed by atoms with Crippen LogP contribution in [0.15, 0.2) is 18.5 Å². The minimum absolute atomic E-state index is 0.229.